The average molecular weight is 329 g/mol. The lowest BCUT2D eigenvalue weighted by Gasteiger charge is -2.10. The Balaban J connectivity index is 0.00000324. The zero-order valence-electron chi connectivity index (χ0n) is 10.8. The zero-order chi connectivity index (χ0) is 13.8. The Labute approximate surface area is 123 Å². The van der Waals surface area contributed by atoms with Crippen LogP contribution in [0.2, 0.25) is 0 Å². The number of esters is 1. The van der Waals surface area contributed by atoms with E-state index in [0.717, 1.165) is 11.3 Å². The van der Waals surface area contributed by atoms with E-state index in [0.29, 0.717) is 0 Å². The highest BCUT2D eigenvalue weighted by molar-refractivity contribution is 7.89. The summed E-state index contributed by atoms with van der Waals surface area (Å²) >= 11 is 1.04. The molecule has 1 rings (SSSR count). The van der Waals surface area contributed by atoms with E-state index in [4.69, 9.17) is 0 Å². The molecule has 0 saturated heterocycles. The minimum atomic E-state index is -3.57. The Morgan fingerprint density at radius 1 is 1.53 bits per heavy atom. The van der Waals surface area contributed by atoms with Crippen molar-refractivity contribution in [3.05, 3.63) is 16.3 Å². The molecule has 0 bridgehead atoms. The van der Waals surface area contributed by atoms with E-state index in [1.165, 1.54) is 18.6 Å². The predicted molar refractivity (Wildman–Crippen MR) is 76.6 cm³/mol. The highest BCUT2D eigenvalue weighted by Gasteiger charge is 2.19. The van der Waals surface area contributed by atoms with Gasteiger partial charge in [0.05, 0.1) is 12.0 Å². The second kappa shape index (κ2) is 7.81. The van der Waals surface area contributed by atoms with Crippen molar-refractivity contribution >= 4 is 39.7 Å². The Bertz CT molecular complexity index is 515. The summed E-state index contributed by atoms with van der Waals surface area (Å²) in [6, 6.07) is 1.33. The van der Waals surface area contributed by atoms with E-state index in [2.05, 4.69) is 14.8 Å². The first-order chi connectivity index (χ1) is 8.40. The molecule has 19 heavy (non-hydrogen) atoms. The number of likely N-dealkylation sites (N-methyl/N-ethyl adjacent to an activating group) is 1. The maximum absolute atomic E-state index is 11.9. The smallest absolute Gasteiger partial charge is 0.348 e. The van der Waals surface area contributed by atoms with Crippen molar-refractivity contribution in [1.82, 2.24) is 10.0 Å². The molecule has 0 aliphatic rings. The zero-order valence-corrected chi connectivity index (χ0v) is 13.2. The Hall–Kier alpha value is -0.670. The number of nitrogens with one attached hydrogen (secondary N) is 2. The highest BCUT2D eigenvalue weighted by Crippen LogP contribution is 2.19. The molecule has 1 aromatic heterocycles. The molecule has 1 heterocycles. The molecule has 0 saturated carbocycles. The minimum Gasteiger partial charge on any atom is -0.465 e. The topological polar surface area (TPSA) is 84.5 Å². The predicted octanol–water partition coefficient (Wildman–Crippen LogP) is 0.843. The van der Waals surface area contributed by atoms with Crippen LogP contribution < -0.4 is 10.0 Å². The van der Waals surface area contributed by atoms with E-state index < -0.39 is 16.0 Å². The molecule has 0 spiro atoms. The van der Waals surface area contributed by atoms with Crippen LogP contribution in [-0.2, 0) is 14.8 Å². The Morgan fingerprint density at radius 2 is 2.16 bits per heavy atom. The van der Waals surface area contributed by atoms with Crippen LogP contribution in [0.3, 0.4) is 0 Å². The van der Waals surface area contributed by atoms with Crippen LogP contribution in [0.25, 0.3) is 0 Å². The number of carbonyl (C=O) groups is 1. The van der Waals surface area contributed by atoms with Gasteiger partial charge in [-0.3, -0.25) is 0 Å². The number of rotatable bonds is 6. The van der Waals surface area contributed by atoms with Gasteiger partial charge in [0.15, 0.2) is 0 Å². The molecule has 0 amide bonds. The normalized spacial score (nSPS) is 12.6. The summed E-state index contributed by atoms with van der Waals surface area (Å²) in [5, 5.41) is 4.34. The molecule has 0 aromatic carbocycles. The monoisotopic (exact) mass is 328 g/mol. The van der Waals surface area contributed by atoms with Crippen LogP contribution >= 0.6 is 23.7 Å². The van der Waals surface area contributed by atoms with E-state index in [1.807, 2.05) is 6.92 Å². The molecule has 1 atom stereocenters. The second-order valence-electron chi connectivity index (χ2n) is 3.68. The molecule has 1 aromatic rings. The summed E-state index contributed by atoms with van der Waals surface area (Å²) < 4.78 is 30.8. The van der Waals surface area contributed by atoms with E-state index >= 15 is 0 Å². The van der Waals surface area contributed by atoms with Crippen LogP contribution in [0.1, 0.15) is 16.6 Å². The fourth-order valence-electron chi connectivity index (χ4n) is 1.09. The van der Waals surface area contributed by atoms with Gasteiger partial charge in [-0.15, -0.1) is 23.7 Å². The Morgan fingerprint density at radius 3 is 2.68 bits per heavy atom. The number of carbonyl (C=O) groups excluding carboxylic acids is 1. The number of methoxy groups -OCH3 is 1. The first-order valence-corrected chi connectivity index (χ1v) is 7.60. The maximum Gasteiger partial charge on any atom is 0.348 e. The van der Waals surface area contributed by atoms with Crippen molar-refractivity contribution in [1.29, 1.82) is 0 Å². The standard InChI is InChI=1S/C10H16N2O4S2.ClH/c1-7(11-2)5-12-18(14,15)8-4-9(17-6-8)10(13)16-3;/h4,6-7,11-12H,5H2,1-3H3;1H. The lowest BCUT2D eigenvalue weighted by atomic mass is 10.4. The molecule has 0 fully saturated rings. The van der Waals surface area contributed by atoms with Gasteiger partial charge in [-0.05, 0) is 20.0 Å². The molecule has 0 aliphatic heterocycles. The SMILES string of the molecule is CNC(C)CNS(=O)(=O)c1csc(C(=O)OC)c1.Cl. The molecule has 0 aliphatic carbocycles. The van der Waals surface area contributed by atoms with E-state index in [9.17, 15) is 13.2 Å². The van der Waals surface area contributed by atoms with Crippen LogP contribution in [0.4, 0.5) is 0 Å². The minimum absolute atomic E-state index is 0. The molecule has 0 radical (unpaired) electrons. The third kappa shape index (κ3) is 5.07. The third-order valence-corrected chi connectivity index (χ3v) is 4.81. The van der Waals surface area contributed by atoms with Crippen LogP contribution in [0, 0.1) is 0 Å². The lowest BCUT2D eigenvalue weighted by Crippen LogP contribution is -2.37. The van der Waals surface area contributed by atoms with Crippen molar-refractivity contribution in [3.63, 3.8) is 0 Å². The summed E-state index contributed by atoms with van der Waals surface area (Å²) in [5.41, 5.74) is 0. The van der Waals surface area contributed by atoms with Crippen molar-refractivity contribution in [3.8, 4) is 0 Å². The van der Waals surface area contributed by atoms with Crippen molar-refractivity contribution in [2.45, 2.75) is 17.9 Å². The fourth-order valence-corrected chi connectivity index (χ4v) is 3.41. The first-order valence-electron chi connectivity index (χ1n) is 5.24. The van der Waals surface area contributed by atoms with Gasteiger partial charge in [-0.1, -0.05) is 0 Å². The fraction of sp³-hybridized carbons (Fsp3) is 0.500. The van der Waals surface area contributed by atoms with E-state index in [-0.39, 0.29) is 34.8 Å². The molecule has 9 heteroatoms. The van der Waals surface area contributed by atoms with Gasteiger partial charge in [0.1, 0.15) is 4.88 Å². The van der Waals surface area contributed by atoms with Crippen molar-refractivity contribution < 1.29 is 17.9 Å². The molecule has 1 unspecified atom stereocenters. The summed E-state index contributed by atoms with van der Waals surface area (Å²) in [6.45, 7) is 2.14. The maximum atomic E-state index is 11.9. The van der Waals surface area contributed by atoms with Gasteiger partial charge in [0, 0.05) is 18.0 Å². The van der Waals surface area contributed by atoms with Gasteiger partial charge in [0.25, 0.3) is 0 Å². The lowest BCUT2D eigenvalue weighted by molar-refractivity contribution is 0.0606. The summed E-state index contributed by atoms with van der Waals surface area (Å²) in [5.74, 6) is -0.537. The van der Waals surface area contributed by atoms with Gasteiger partial charge in [-0.2, -0.15) is 0 Å². The van der Waals surface area contributed by atoms with Gasteiger partial charge in [-0.25, -0.2) is 17.9 Å². The van der Waals surface area contributed by atoms with Crippen LogP contribution in [0.15, 0.2) is 16.3 Å². The molecule has 2 N–H and O–H groups in total. The highest BCUT2D eigenvalue weighted by atomic mass is 35.5. The second-order valence-corrected chi connectivity index (χ2v) is 6.36. The van der Waals surface area contributed by atoms with Crippen LogP contribution in [-0.4, -0.2) is 41.1 Å². The molecular formula is C10H17ClN2O4S2. The number of thiophene rings is 1. The number of hydrogen-bond donors (Lipinski definition) is 2. The molecule has 110 valence electrons. The van der Waals surface area contributed by atoms with E-state index in [1.54, 1.807) is 7.05 Å². The summed E-state index contributed by atoms with van der Waals surface area (Å²) in [6.07, 6.45) is 0. The number of halogens is 1. The van der Waals surface area contributed by atoms with Gasteiger partial charge in [0.2, 0.25) is 10.0 Å². The van der Waals surface area contributed by atoms with Crippen LogP contribution in [0.5, 0.6) is 0 Å². The molecular weight excluding hydrogens is 312 g/mol. The quantitative estimate of drug-likeness (QED) is 0.756. The molecule has 6 nitrogen and oxygen atoms in total. The average Bonchev–Trinajstić information content (AvgIpc) is 2.85. The summed E-state index contributed by atoms with van der Waals surface area (Å²) in [4.78, 5) is 11.6. The largest absolute Gasteiger partial charge is 0.465 e. The number of hydrogen-bond acceptors (Lipinski definition) is 6. The Kier molecular flexibility index (Phi) is 7.53. The van der Waals surface area contributed by atoms with Gasteiger partial charge < -0.3 is 10.1 Å². The van der Waals surface area contributed by atoms with Gasteiger partial charge >= 0.3 is 5.97 Å². The summed E-state index contributed by atoms with van der Waals surface area (Å²) in [7, 11) is -0.572. The number of sulfonamides is 1. The van der Waals surface area contributed by atoms with Crippen molar-refractivity contribution in [2.24, 2.45) is 0 Å². The van der Waals surface area contributed by atoms with Crippen molar-refractivity contribution in [2.75, 3.05) is 20.7 Å². The third-order valence-electron chi connectivity index (χ3n) is 2.34. The first kappa shape index (κ1) is 18.3. The number of ether oxygens (including phenoxy) is 1.